The molecule has 0 fully saturated rings. The molecular weight excluding hydrogens is 486 g/mol. The lowest BCUT2D eigenvalue weighted by Crippen LogP contribution is -2.35. The number of fused-ring (bicyclic) bond motifs is 3. The maximum atomic E-state index is 14.0. The number of aromatic nitrogens is 2. The van der Waals surface area contributed by atoms with E-state index in [4.69, 9.17) is 21.3 Å². The Hall–Kier alpha value is -2.32. The fourth-order valence-corrected chi connectivity index (χ4v) is 6.65. The van der Waals surface area contributed by atoms with Crippen LogP contribution in [-0.2, 0) is 18.7 Å². The van der Waals surface area contributed by atoms with Crippen molar-refractivity contribution in [1.82, 2.24) is 14.5 Å². The zero-order chi connectivity index (χ0) is 23.8. The van der Waals surface area contributed by atoms with Gasteiger partial charge in [0.15, 0.2) is 5.16 Å². The van der Waals surface area contributed by atoms with Crippen molar-refractivity contribution in [2.75, 3.05) is 13.7 Å². The Kier molecular flexibility index (Phi) is 6.71. The highest BCUT2D eigenvalue weighted by Crippen LogP contribution is 2.35. The predicted octanol–water partition coefficient (Wildman–Crippen LogP) is 6.17. The van der Waals surface area contributed by atoms with Gasteiger partial charge in [-0.2, -0.15) is 0 Å². The zero-order valence-corrected chi connectivity index (χ0v) is 21.8. The molecule has 0 aliphatic carbocycles. The van der Waals surface area contributed by atoms with Crippen molar-refractivity contribution in [2.24, 2.45) is 0 Å². The van der Waals surface area contributed by atoms with Crippen LogP contribution >= 0.6 is 34.7 Å². The molecule has 2 aromatic carbocycles. The summed E-state index contributed by atoms with van der Waals surface area (Å²) in [4.78, 5) is 23.5. The minimum atomic E-state index is 0.00395. The van der Waals surface area contributed by atoms with Crippen molar-refractivity contribution < 1.29 is 4.74 Å². The summed E-state index contributed by atoms with van der Waals surface area (Å²) in [6, 6.07) is 15.9. The molecule has 8 heteroatoms. The Bertz CT molecular complexity index is 1380. The molecule has 176 valence electrons. The fourth-order valence-electron chi connectivity index (χ4n) is 4.27. The van der Waals surface area contributed by atoms with E-state index in [-0.39, 0.29) is 5.56 Å². The van der Waals surface area contributed by atoms with Crippen LogP contribution in [0.5, 0.6) is 5.75 Å². The highest BCUT2D eigenvalue weighted by atomic mass is 35.5. The Morgan fingerprint density at radius 2 is 1.88 bits per heavy atom. The van der Waals surface area contributed by atoms with Crippen LogP contribution in [0.2, 0.25) is 5.02 Å². The van der Waals surface area contributed by atoms with Gasteiger partial charge in [-0.05, 0) is 67.8 Å². The number of benzene rings is 2. The van der Waals surface area contributed by atoms with Crippen molar-refractivity contribution >= 4 is 44.9 Å². The summed E-state index contributed by atoms with van der Waals surface area (Å²) in [5.41, 5.74) is 3.09. The number of nitrogens with zero attached hydrogens (tertiary/aromatic N) is 3. The standard InChI is InChI=1S/C26H26ClN3O2S2/c1-16(2)29-13-12-21-22(14-29)34-24-23(21)25(31)30(19-8-10-20(32-3)11-9-19)26(28-24)33-15-17-4-6-18(27)7-5-17/h4-11,16H,12-15H2,1-3H3. The average molecular weight is 512 g/mol. The molecule has 0 atom stereocenters. The summed E-state index contributed by atoms with van der Waals surface area (Å²) in [7, 11) is 1.64. The molecule has 34 heavy (non-hydrogen) atoms. The van der Waals surface area contributed by atoms with Gasteiger partial charge >= 0.3 is 0 Å². The molecule has 1 aliphatic heterocycles. The summed E-state index contributed by atoms with van der Waals surface area (Å²) >= 11 is 9.28. The minimum absolute atomic E-state index is 0.00395. The van der Waals surface area contributed by atoms with E-state index >= 15 is 0 Å². The Labute approximate surface area is 212 Å². The highest BCUT2D eigenvalue weighted by Gasteiger charge is 2.26. The lowest BCUT2D eigenvalue weighted by Gasteiger charge is -2.30. The van der Waals surface area contributed by atoms with Crippen LogP contribution in [0.15, 0.2) is 58.5 Å². The summed E-state index contributed by atoms with van der Waals surface area (Å²) in [6.07, 6.45) is 0.879. The fraction of sp³-hybridized carbons (Fsp3) is 0.308. The number of rotatable bonds is 6. The number of methoxy groups -OCH3 is 1. The number of hydrogen-bond acceptors (Lipinski definition) is 6. The van der Waals surface area contributed by atoms with Crippen molar-refractivity contribution in [3.8, 4) is 11.4 Å². The smallest absolute Gasteiger partial charge is 0.267 e. The predicted molar refractivity (Wildman–Crippen MR) is 142 cm³/mol. The van der Waals surface area contributed by atoms with Crippen molar-refractivity contribution in [3.05, 3.63) is 79.9 Å². The van der Waals surface area contributed by atoms with E-state index in [1.807, 2.05) is 48.5 Å². The quantitative estimate of drug-likeness (QED) is 0.229. The van der Waals surface area contributed by atoms with Crippen LogP contribution in [0.3, 0.4) is 0 Å². The topological polar surface area (TPSA) is 47.4 Å². The van der Waals surface area contributed by atoms with E-state index in [1.54, 1.807) is 34.8 Å². The van der Waals surface area contributed by atoms with Gasteiger partial charge in [0.1, 0.15) is 10.6 Å². The maximum absolute atomic E-state index is 14.0. The maximum Gasteiger partial charge on any atom is 0.267 e. The molecule has 5 rings (SSSR count). The van der Waals surface area contributed by atoms with Gasteiger partial charge in [0.05, 0.1) is 18.2 Å². The SMILES string of the molecule is COc1ccc(-n2c(SCc3ccc(Cl)cc3)nc3sc4c(c3c2=O)CCN(C(C)C)C4)cc1. The third kappa shape index (κ3) is 4.50. The van der Waals surface area contributed by atoms with E-state index in [0.717, 1.165) is 46.7 Å². The van der Waals surface area contributed by atoms with Gasteiger partial charge in [-0.15, -0.1) is 11.3 Å². The number of hydrogen-bond donors (Lipinski definition) is 0. The Morgan fingerprint density at radius 3 is 2.56 bits per heavy atom. The van der Waals surface area contributed by atoms with Crippen LogP contribution in [0.25, 0.3) is 15.9 Å². The zero-order valence-electron chi connectivity index (χ0n) is 19.4. The third-order valence-corrected chi connectivity index (χ3v) is 8.59. The Morgan fingerprint density at radius 1 is 1.15 bits per heavy atom. The number of ether oxygens (including phenoxy) is 1. The van der Waals surface area contributed by atoms with Crippen molar-refractivity contribution in [3.63, 3.8) is 0 Å². The summed E-state index contributed by atoms with van der Waals surface area (Å²) in [5, 5.41) is 2.18. The normalized spacial score (nSPS) is 14.0. The van der Waals surface area contributed by atoms with E-state index in [1.165, 1.54) is 10.4 Å². The Balaban J connectivity index is 1.62. The van der Waals surface area contributed by atoms with Gasteiger partial charge in [0.25, 0.3) is 5.56 Å². The largest absolute Gasteiger partial charge is 0.497 e. The van der Waals surface area contributed by atoms with Gasteiger partial charge in [-0.1, -0.05) is 35.5 Å². The molecule has 0 unspecified atom stereocenters. The number of thioether (sulfide) groups is 1. The van der Waals surface area contributed by atoms with Gasteiger partial charge in [0.2, 0.25) is 0 Å². The van der Waals surface area contributed by atoms with Gasteiger partial charge in [-0.25, -0.2) is 4.98 Å². The molecule has 4 aromatic rings. The molecule has 0 spiro atoms. The molecule has 3 heterocycles. The number of halogens is 1. The first-order valence-corrected chi connectivity index (χ1v) is 13.5. The van der Waals surface area contributed by atoms with E-state index in [0.29, 0.717) is 22.0 Å². The van der Waals surface area contributed by atoms with Crippen LogP contribution in [0.4, 0.5) is 0 Å². The van der Waals surface area contributed by atoms with Crippen LogP contribution in [0.1, 0.15) is 29.9 Å². The molecule has 5 nitrogen and oxygen atoms in total. The second kappa shape index (κ2) is 9.74. The number of thiophene rings is 1. The lowest BCUT2D eigenvalue weighted by atomic mass is 10.0. The molecular formula is C26H26ClN3O2S2. The first-order chi connectivity index (χ1) is 16.4. The second-order valence-electron chi connectivity index (χ2n) is 8.65. The summed E-state index contributed by atoms with van der Waals surface area (Å²) in [6.45, 7) is 6.28. The second-order valence-corrected chi connectivity index (χ2v) is 11.1. The van der Waals surface area contributed by atoms with Crippen LogP contribution in [-0.4, -0.2) is 34.1 Å². The molecule has 0 radical (unpaired) electrons. The highest BCUT2D eigenvalue weighted by molar-refractivity contribution is 7.98. The summed E-state index contributed by atoms with van der Waals surface area (Å²) < 4.78 is 7.07. The lowest BCUT2D eigenvalue weighted by molar-refractivity contribution is 0.206. The van der Waals surface area contributed by atoms with Gasteiger partial charge in [0, 0.05) is 34.8 Å². The average Bonchev–Trinajstić information content (AvgIpc) is 3.21. The monoisotopic (exact) mass is 511 g/mol. The van der Waals surface area contributed by atoms with E-state index < -0.39 is 0 Å². The molecule has 2 aromatic heterocycles. The van der Waals surface area contributed by atoms with Crippen molar-refractivity contribution in [1.29, 1.82) is 0 Å². The molecule has 0 N–H and O–H groups in total. The van der Waals surface area contributed by atoms with Gasteiger partial charge < -0.3 is 4.74 Å². The van der Waals surface area contributed by atoms with E-state index in [2.05, 4.69) is 18.7 Å². The first kappa shape index (κ1) is 23.4. The molecule has 0 saturated heterocycles. The van der Waals surface area contributed by atoms with Crippen molar-refractivity contribution in [2.45, 2.75) is 43.8 Å². The molecule has 0 saturated carbocycles. The summed E-state index contributed by atoms with van der Waals surface area (Å²) in [5.74, 6) is 1.44. The van der Waals surface area contributed by atoms with Crippen LogP contribution in [0, 0.1) is 0 Å². The van der Waals surface area contributed by atoms with E-state index in [9.17, 15) is 4.79 Å². The minimum Gasteiger partial charge on any atom is -0.497 e. The first-order valence-electron chi connectivity index (χ1n) is 11.3. The third-order valence-electron chi connectivity index (χ3n) is 6.22. The molecule has 0 bridgehead atoms. The molecule has 0 amide bonds. The van der Waals surface area contributed by atoms with Gasteiger partial charge in [-0.3, -0.25) is 14.3 Å². The molecule has 1 aliphatic rings. The van der Waals surface area contributed by atoms with Crippen LogP contribution < -0.4 is 10.3 Å².